The fourth-order valence-electron chi connectivity index (χ4n) is 1.99. The van der Waals surface area contributed by atoms with E-state index in [0.29, 0.717) is 12.1 Å². The van der Waals surface area contributed by atoms with Crippen LogP contribution in [0.3, 0.4) is 0 Å². The highest BCUT2D eigenvalue weighted by molar-refractivity contribution is 7.91. The van der Waals surface area contributed by atoms with Crippen molar-refractivity contribution in [2.75, 3.05) is 17.2 Å². The topological polar surface area (TPSA) is 102 Å². The van der Waals surface area contributed by atoms with E-state index in [2.05, 4.69) is 10.3 Å². The Hall–Kier alpha value is -1.63. The van der Waals surface area contributed by atoms with Gasteiger partial charge in [0.05, 0.1) is 28.9 Å². The van der Waals surface area contributed by atoms with Crippen molar-refractivity contribution >= 4 is 21.4 Å². The number of hydrogen-bond acceptors (Lipinski definition) is 5. The van der Waals surface area contributed by atoms with Crippen molar-refractivity contribution in [3.8, 4) is 0 Å². The van der Waals surface area contributed by atoms with Gasteiger partial charge in [-0.1, -0.05) is 0 Å². The van der Waals surface area contributed by atoms with Crippen molar-refractivity contribution in [3.05, 3.63) is 24.0 Å². The van der Waals surface area contributed by atoms with Crippen LogP contribution in [0.15, 0.2) is 18.3 Å². The number of nitrogens with zero attached hydrogens (tertiary/aromatic N) is 1. The molecule has 0 spiro atoms. The van der Waals surface area contributed by atoms with Gasteiger partial charge in [0.1, 0.15) is 5.69 Å². The van der Waals surface area contributed by atoms with Gasteiger partial charge in [-0.15, -0.1) is 0 Å². The van der Waals surface area contributed by atoms with E-state index in [0.717, 1.165) is 0 Å². The Morgan fingerprint density at radius 3 is 2.72 bits per heavy atom. The van der Waals surface area contributed by atoms with Gasteiger partial charge in [0.15, 0.2) is 9.84 Å². The molecular weight excluding hydrogens is 254 g/mol. The van der Waals surface area contributed by atoms with Gasteiger partial charge in [-0.05, 0) is 25.5 Å². The predicted octanol–water partition coefficient (Wildman–Crippen LogP) is -0.0292. The minimum atomic E-state index is -3.04. The number of pyridine rings is 1. The zero-order valence-corrected chi connectivity index (χ0v) is 10.8. The highest BCUT2D eigenvalue weighted by Crippen LogP contribution is 2.23. The van der Waals surface area contributed by atoms with Crippen molar-refractivity contribution in [2.45, 2.75) is 18.9 Å². The van der Waals surface area contributed by atoms with Crippen LogP contribution in [0.2, 0.25) is 0 Å². The molecule has 1 aromatic heterocycles. The molecule has 0 aromatic carbocycles. The maximum Gasteiger partial charge on any atom is 0.270 e. The van der Waals surface area contributed by atoms with Crippen LogP contribution in [0, 0.1) is 0 Å². The van der Waals surface area contributed by atoms with Crippen molar-refractivity contribution in [1.82, 2.24) is 10.3 Å². The molecule has 2 rings (SSSR count). The van der Waals surface area contributed by atoms with E-state index in [4.69, 9.17) is 5.73 Å². The van der Waals surface area contributed by atoms with E-state index >= 15 is 0 Å². The predicted molar refractivity (Wildman–Crippen MR) is 67.8 cm³/mol. The van der Waals surface area contributed by atoms with Crippen LogP contribution in [-0.2, 0) is 9.84 Å². The van der Waals surface area contributed by atoms with Crippen LogP contribution in [0.5, 0.6) is 0 Å². The number of sulfone groups is 1. The molecule has 1 atom stereocenters. The van der Waals surface area contributed by atoms with E-state index in [1.54, 1.807) is 13.0 Å². The summed E-state index contributed by atoms with van der Waals surface area (Å²) in [6.45, 7) is 1.73. The molecule has 0 saturated carbocycles. The molecule has 1 aliphatic rings. The molecule has 18 heavy (non-hydrogen) atoms. The Balaban J connectivity index is 2.10. The summed E-state index contributed by atoms with van der Waals surface area (Å²) in [5, 5.41) is 2.73. The van der Waals surface area contributed by atoms with Gasteiger partial charge in [0, 0.05) is 0 Å². The number of nitrogens with one attached hydrogen (secondary N) is 1. The lowest BCUT2D eigenvalue weighted by Crippen LogP contribution is -2.47. The maximum atomic E-state index is 11.9. The summed E-state index contributed by atoms with van der Waals surface area (Å²) >= 11 is 0. The maximum absolute atomic E-state index is 11.9. The fourth-order valence-corrected chi connectivity index (χ4v) is 4.08. The Labute approximate surface area is 106 Å². The molecule has 0 aliphatic carbocycles. The van der Waals surface area contributed by atoms with Crippen LogP contribution in [0.4, 0.5) is 5.69 Å². The number of amides is 1. The highest BCUT2D eigenvalue weighted by Gasteiger charge is 2.39. The minimum Gasteiger partial charge on any atom is -0.397 e. The van der Waals surface area contributed by atoms with Crippen LogP contribution >= 0.6 is 0 Å². The van der Waals surface area contributed by atoms with Crippen LogP contribution in [0.1, 0.15) is 23.8 Å². The van der Waals surface area contributed by atoms with Crippen LogP contribution < -0.4 is 11.1 Å². The Bertz CT molecular complexity index is 568. The van der Waals surface area contributed by atoms with Gasteiger partial charge in [-0.2, -0.15) is 0 Å². The second kappa shape index (κ2) is 4.24. The summed E-state index contributed by atoms with van der Waals surface area (Å²) in [6.07, 6.45) is 1.82. The molecule has 6 nitrogen and oxygen atoms in total. The zero-order chi connectivity index (χ0) is 13.4. The number of carbonyl (C=O) groups is 1. The van der Waals surface area contributed by atoms with Gasteiger partial charge in [-0.25, -0.2) is 13.4 Å². The zero-order valence-electron chi connectivity index (χ0n) is 10.0. The first-order valence-corrected chi connectivity index (χ1v) is 7.36. The number of nitrogen functional groups attached to an aromatic ring is 1. The number of carbonyl (C=O) groups excluding carboxylic acids is 1. The summed E-state index contributed by atoms with van der Waals surface area (Å²) in [5.41, 5.74) is 5.47. The summed E-state index contributed by atoms with van der Waals surface area (Å²) in [5.74, 6) is -0.297. The first-order valence-electron chi connectivity index (χ1n) is 5.54. The molecule has 0 radical (unpaired) electrons. The Morgan fingerprint density at radius 1 is 1.50 bits per heavy atom. The average Bonchev–Trinajstić information content (AvgIpc) is 2.53. The minimum absolute atomic E-state index is 0.0271. The third kappa shape index (κ3) is 2.79. The molecule has 1 amide bonds. The summed E-state index contributed by atoms with van der Waals surface area (Å²) in [7, 11) is -3.04. The number of anilines is 1. The number of aromatic nitrogens is 1. The number of hydrogen-bond donors (Lipinski definition) is 2. The summed E-state index contributed by atoms with van der Waals surface area (Å²) in [4.78, 5) is 15.8. The molecule has 2 heterocycles. The second-order valence-corrected chi connectivity index (χ2v) is 7.02. The lowest BCUT2D eigenvalue weighted by atomic mass is 10.0. The van der Waals surface area contributed by atoms with Gasteiger partial charge >= 0.3 is 0 Å². The third-order valence-electron chi connectivity index (χ3n) is 2.94. The van der Waals surface area contributed by atoms with Crippen LogP contribution in [0.25, 0.3) is 0 Å². The third-order valence-corrected chi connectivity index (χ3v) is 4.84. The fraction of sp³-hybridized carbons (Fsp3) is 0.455. The lowest BCUT2D eigenvalue weighted by Gasteiger charge is -2.23. The van der Waals surface area contributed by atoms with Crippen molar-refractivity contribution in [2.24, 2.45) is 0 Å². The molecule has 98 valence electrons. The monoisotopic (exact) mass is 269 g/mol. The van der Waals surface area contributed by atoms with Crippen molar-refractivity contribution < 1.29 is 13.2 Å². The number of rotatable bonds is 2. The Morgan fingerprint density at radius 2 is 2.22 bits per heavy atom. The standard InChI is InChI=1S/C11H15N3O3S/c1-11(4-5-18(16,17)7-11)14-10(15)9-3-2-8(12)6-13-9/h2-3,6H,4-5,7,12H2,1H3,(H,14,15). The van der Waals surface area contributed by atoms with Gasteiger partial charge in [0.2, 0.25) is 0 Å². The number of nitrogens with two attached hydrogens (primary N) is 1. The largest absolute Gasteiger partial charge is 0.397 e. The average molecular weight is 269 g/mol. The molecule has 1 aliphatic heterocycles. The van der Waals surface area contributed by atoms with Crippen LogP contribution in [-0.4, -0.2) is 36.4 Å². The molecule has 0 bridgehead atoms. The van der Waals surface area contributed by atoms with Gasteiger partial charge < -0.3 is 11.1 Å². The van der Waals surface area contributed by atoms with E-state index in [-0.39, 0.29) is 23.1 Å². The van der Waals surface area contributed by atoms with E-state index in [1.807, 2.05) is 0 Å². The second-order valence-electron chi connectivity index (χ2n) is 4.83. The summed E-state index contributed by atoms with van der Waals surface area (Å²) < 4.78 is 22.9. The molecule has 1 fully saturated rings. The molecular formula is C11H15N3O3S. The first-order chi connectivity index (χ1) is 8.30. The van der Waals surface area contributed by atoms with Crippen molar-refractivity contribution in [1.29, 1.82) is 0 Å². The normalized spacial score (nSPS) is 25.8. The van der Waals surface area contributed by atoms with E-state index in [9.17, 15) is 13.2 Å². The molecule has 1 saturated heterocycles. The van der Waals surface area contributed by atoms with E-state index < -0.39 is 15.4 Å². The smallest absolute Gasteiger partial charge is 0.270 e. The molecule has 1 unspecified atom stereocenters. The lowest BCUT2D eigenvalue weighted by molar-refractivity contribution is 0.0910. The molecule has 7 heteroatoms. The first kappa shape index (κ1) is 12.8. The van der Waals surface area contributed by atoms with Crippen molar-refractivity contribution in [3.63, 3.8) is 0 Å². The summed E-state index contributed by atoms with van der Waals surface area (Å²) in [6, 6.07) is 3.09. The van der Waals surface area contributed by atoms with Gasteiger partial charge in [-0.3, -0.25) is 4.79 Å². The van der Waals surface area contributed by atoms with Gasteiger partial charge in [0.25, 0.3) is 5.91 Å². The quantitative estimate of drug-likeness (QED) is 0.785. The highest BCUT2D eigenvalue weighted by atomic mass is 32.2. The van der Waals surface area contributed by atoms with E-state index in [1.165, 1.54) is 12.3 Å². The molecule has 1 aromatic rings. The SMILES string of the molecule is CC1(NC(=O)c2ccc(N)cn2)CCS(=O)(=O)C1. The molecule has 3 N–H and O–H groups in total. The Kier molecular flexibility index (Phi) is 3.02.